The van der Waals surface area contributed by atoms with Gasteiger partial charge in [0.25, 0.3) is 5.91 Å². The number of thiophene rings is 1. The van der Waals surface area contributed by atoms with Gasteiger partial charge in [-0.15, -0.1) is 0 Å². The summed E-state index contributed by atoms with van der Waals surface area (Å²) < 4.78 is 0. The fourth-order valence-electron chi connectivity index (χ4n) is 3.02. The monoisotopic (exact) mass is 386 g/mol. The lowest BCUT2D eigenvalue weighted by atomic mass is 9.99. The molecule has 2 amide bonds. The molecular formula is C20H26N4O2S. The largest absolute Gasteiger partial charge is 0.357 e. The van der Waals surface area contributed by atoms with Crippen LogP contribution in [-0.2, 0) is 11.3 Å². The number of nitrogens with zero attached hydrogens (tertiary/aromatic N) is 2. The zero-order chi connectivity index (χ0) is 19.1. The highest BCUT2D eigenvalue weighted by Gasteiger charge is 2.16. The fourth-order valence-corrected chi connectivity index (χ4v) is 3.66. The van der Waals surface area contributed by atoms with Gasteiger partial charge in [-0.3, -0.25) is 9.59 Å². The molecule has 1 aliphatic rings. The SMILES string of the molecule is CC1CCN(c2ccc(CNC(=O)CCNC(=O)c3ccsc3)cn2)CC1. The van der Waals surface area contributed by atoms with E-state index in [0.717, 1.165) is 30.4 Å². The molecule has 3 rings (SSSR count). The van der Waals surface area contributed by atoms with Gasteiger partial charge in [0.05, 0.1) is 0 Å². The van der Waals surface area contributed by atoms with Gasteiger partial charge < -0.3 is 15.5 Å². The molecule has 1 saturated heterocycles. The summed E-state index contributed by atoms with van der Waals surface area (Å²) >= 11 is 1.47. The van der Waals surface area contributed by atoms with Crippen LogP contribution in [0.5, 0.6) is 0 Å². The second kappa shape index (κ2) is 9.50. The topological polar surface area (TPSA) is 74.3 Å². The molecule has 6 nitrogen and oxygen atoms in total. The van der Waals surface area contributed by atoms with E-state index in [9.17, 15) is 9.59 Å². The predicted molar refractivity (Wildman–Crippen MR) is 108 cm³/mol. The number of piperidine rings is 1. The molecule has 0 unspecified atom stereocenters. The van der Waals surface area contributed by atoms with Crippen LogP contribution < -0.4 is 15.5 Å². The van der Waals surface area contributed by atoms with E-state index < -0.39 is 0 Å². The highest BCUT2D eigenvalue weighted by atomic mass is 32.1. The van der Waals surface area contributed by atoms with Crippen molar-refractivity contribution in [2.24, 2.45) is 5.92 Å². The van der Waals surface area contributed by atoms with Crippen molar-refractivity contribution >= 4 is 29.0 Å². The number of nitrogens with one attached hydrogen (secondary N) is 2. The first kappa shape index (κ1) is 19.4. The summed E-state index contributed by atoms with van der Waals surface area (Å²) in [6, 6.07) is 5.80. The van der Waals surface area contributed by atoms with Gasteiger partial charge in [-0.1, -0.05) is 13.0 Å². The van der Waals surface area contributed by atoms with Gasteiger partial charge >= 0.3 is 0 Å². The zero-order valence-corrected chi connectivity index (χ0v) is 16.4. The Labute approximate surface area is 164 Å². The molecule has 0 spiro atoms. The average Bonchev–Trinajstić information content (AvgIpc) is 3.22. The summed E-state index contributed by atoms with van der Waals surface area (Å²) in [5, 5.41) is 9.26. The highest BCUT2D eigenvalue weighted by Crippen LogP contribution is 2.21. The van der Waals surface area contributed by atoms with Gasteiger partial charge in [0, 0.05) is 49.7 Å². The van der Waals surface area contributed by atoms with Gasteiger partial charge in [0.2, 0.25) is 5.91 Å². The number of pyridine rings is 1. The van der Waals surface area contributed by atoms with E-state index in [-0.39, 0.29) is 18.2 Å². The molecular weight excluding hydrogens is 360 g/mol. The third kappa shape index (κ3) is 5.79. The maximum absolute atomic E-state index is 11.9. The normalized spacial score (nSPS) is 14.8. The summed E-state index contributed by atoms with van der Waals surface area (Å²) in [7, 11) is 0. The van der Waals surface area contributed by atoms with E-state index in [0.29, 0.717) is 18.7 Å². The van der Waals surface area contributed by atoms with E-state index in [1.54, 1.807) is 11.4 Å². The van der Waals surface area contributed by atoms with Crippen molar-refractivity contribution in [1.29, 1.82) is 0 Å². The minimum absolute atomic E-state index is 0.0882. The highest BCUT2D eigenvalue weighted by molar-refractivity contribution is 7.08. The molecule has 1 fully saturated rings. The Morgan fingerprint density at radius 2 is 2.04 bits per heavy atom. The van der Waals surface area contributed by atoms with Crippen molar-refractivity contribution in [2.75, 3.05) is 24.5 Å². The van der Waals surface area contributed by atoms with Crippen LogP contribution >= 0.6 is 11.3 Å². The minimum atomic E-state index is -0.143. The van der Waals surface area contributed by atoms with Crippen LogP contribution in [0.25, 0.3) is 0 Å². The Morgan fingerprint density at radius 1 is 1.22 bits per heavy atom. The van der Waals surface area contributed by atoms with Gasteiger partial charge in [-0.2, -0.15) is 11.3 Å². The number of rotatable bonds is 7. The first-order chi connectivity index (χ1) is 13.1. The molecule has 2 aromatic rings. The number of anilines is 1. The minimum Gasteiger partial charge on any atom is -0.357 e. The molecule has 2 N–H and O–H groups in total. The molecule has 0 aromatic carbocycles. The van der Waals surface area contributed by atoms with Gasteiger partial charge in [-0.25, -0.2) is 4.98 Å². The van der Waals surface area contributed by atoms with Crippen LogP contribution in [-0.4, -0.2) is 36.4 Å². The van der Waals surface area contributed by atoms with Gasteiger partial charge in [0.15, 0.2) is 0 Å². The maximum Gasteiger partial charge on any atom is 0.252 e. The summed E-state index contributed by atoms with van der Waals surface area (Å²) in [5.41, 5.74) is 1.61. The standard InChI is InChI=1S/C20H26N4O2S/c1-15-5-9-24(10-6-15)18-3-2-16(12-22-18)13-23-19(25)4-8-21-20(26)17-7-11-27-14-17/h2-3,7,11-12,14-15H,4-6,8-10,13H2,1H3,(H,21,26)(H,23,25). The lowest BCUT2D eigenvalue weighted by molar-refractivity contribution is -0.121. The van der Waals surface area contributed by atoms with Gasteiger partial charge in [0.1, 0.15) is 5.82 Å². The quantitative estimate of drug-likeness (QED) is 0.767. The Balaban J connectivity index is 1.36. The summed E-state index contributed by atoms with van der Waals surface area (Å²) in [5.74, 6) is 1.57. The zero-order valence-electron chi connectivity index (χ0n) is 15.6. The molecule has 7 heteroatoms. The lowest BCUT2D eigenvalue weighted by Gasteiger charge is -2.31. The molecule has 0 radical (unpaired) electrons. The van der Waals surface area contributed by atoms with Crippen LogP contribution in [0.1, 0.15) is 42.1 Å². The van der Waals surface area contributed by atoms with Crippen molar-refractivity contribution in [3.8, 4) is 0 Å². The number of carbonyl (C=O) groups is 2. The predicted octanol–water partition coefficient (Wildman–Crippen LogP) is 2.82. The first-order valence-corrected chi connectivity index (χ1v) is 10.3. The van der Waals surface area contributed by atoms with Gasteiger partial charge in [-0.05, 0) is 41.8 Å². The number of hydrogen-bond donors (Lipinski definition) is 2. The van der Waals surface area contributed by atoms with Crippen LogP contribution in [0.15, 0.2) is 35.2 Å². The number of amides is 2. The molecule has 3 heterocycles. The van der Waals surface area contributed by atoms with E-state index in [2.05, 4.69) is 27.4 Å². The van der Waals surface area contributed by atoms with E-state index in [1.165, 1.54) is 24.2 Å². The fraction of sp³-hybridized carbons (Fsp3) is 0.450. The number of hydrogen-bond acceptors (Lipinski definition) is 5. The van der Waals surface area contributed by atoms with Crippen molar-refractivity contribution in [2.45, 2.75) is 32.7 Å². The van der Waals surface area contributed by atoms with Crippen molar-refractivity contribution < 1.29 is 9.59 Å². The van der Waals surface area contributed by atoms with Crippen molar-refractivity contribution in [1.82, 2.24) is 15.6 Å². The molecule has 0 aliphatic carbocycles. The first-order valence-electron chi connectivity index (χ1n) is 9.39. The molecule has 2 aromatic heterocycles. The molecule has 0 atom stereocenters. The Morgan fingerprint density at radius 3 is 2.70 bits per heavy atom. The van der Waals surface area contributed by atoms with E-state index in [4.69, 9.17) is 0 Å². The smallest absolute Gasteiger partial charge is 0.252 e. The maximum atomic E-state index is 11.9. The molecule has 144 valence electrons. The molecule has 1 aliphatic heterocycles. The van der Waals surface area contributed by atoms with Crippen LogP contribution in [0.4, 0.5) is 5.82 Å². The average molecular weight is 387 g/mol. The Hall–Kier alpha value is -2.41. The van der Waals surface area contributed by atoms with E-state index >= 15 is 0 Å². The Bertz CT molecular complexity index is 738. The summed E-state index contributed by atoms with van der Waals surface area (Å²) in [4.78, 5) is 30.6. The second-order valence-electron chi connectivity index (χ2n) is 6.99. The van der Waals surface area contributed by atoms with Crippen LogP contribution in [0.2, 0.25) is 0 Å². The van der Waals surface area contributed by atoms with Crippen molar-refractivity contribution in [3.63, 3.8) is 0 Å². The van der Waals surface area contributed by atoms with Crippen molar-refractivity contribution in [3.05, 3.63) is 46.3 Å². The third-order valence-electron chi connectivity index (χ3n) is 4.83. The number of aromatic nitrogens is 1. The summed E-state index contributed by atoms with van der Waals surface area (Å²) in [6.45, 7) is 5.18. The second-order valence-corrected chi connectivity index (χ2v) is 7.77. The number of carbonyl (C=O) groups excluding carboxylic acids is 2. The van der Waals surface area contributed by atoms with Crippen LogP contribution in [0, 0.1) is 5.92 Å². The Kier molecular flexibility index (Phi) is 6.81. The molecule has 27 heavy (non-hydrogen) atoms. The van der Waals surface area contributed by atoms with E-state index in [1.807, 2.05) is 23.7 Å². The molecule has 0 saturated carbocycles. The lowest BCUT2D eigenvalue weighted by Crippen LogP contribution is -2.33. The summed E-state index contributed by atoms with van der Waals surface area (Å²) in [6.07, 6.45) is 4.50. The van der Waals surface area contributed by atoms with Crippen LogP contribution in [0.3, 0.4) is 0 Å². The third-order valence-corrected chi connectivity index (χ3v) is 5.51. The molecule has 0 bridgehead atoms.